The minimum Gasteiger partial charge on any atom is -0.444 e. The van der Waals surface area contributed by atoms with Crippen LogP contribution in [-0.4, -0.2) is 71.2 Å². The minimum absolute atomic E-state index is 0.136. The van der Waals surface area contributed by atoms with Crippen LogP contribution in [0.4, 0.5) is 9.59 Å². The van der Waals surface area contributed by atoms with Crippen LogP contribution >= 0.6 is 0 Å². The number of piperidine rings is 1. The Kier molecular flexibility index (Phi) is 5.99. The standard InChI is InChI=1S/C18H33N3O3/c1-14(2)15-8-6-7-9-21(15)16(22)19-10-12-20(13-11-19)17(23)24-18(3,4)5/h14-15H,6-13H2,1-5H3. The highest BCUT2D eigenvalue weighted by Gasteiger charge is 2.34. The molecule has 0 aliphatic carbocycles. The van der Waals surface area contributed by atoms with Crippen LogP contribution in [0.15, 0.2) is 0 Å². The van der Waals surface area contributed by atoms with Gasteiger partial charge in [-0.05, 0) is 46.0 Å². The van der Waals surface area contributed by atoms with Crippen molar-refractivity contribution in [2.75, 3.05) is 32.7 Å². The Morgan fingerprint density at radius 2 is 1.54 bits per heavy atom. The zero-order chi connectivity index (χ0) is 17.9. The summed E-state index contributed by atoms with van der Waals surface area (Å²) in [6.07, 6.45) is 3.11. The third-order valence-corrected chi connectivity index (χ3v) is 4.77. The summed E-state index contributed by atoms with van der Waals surface area (Å²) in [5.41, 5.74) is -0.484. The Labute approximate surface area is 146 Å². The number of ether oxygens (including phenoxy) is 1. The lowest BCUT2D eigenvalue weighted by Gasteiger charge is -2.43. The molecule has 138 valence electrons. The predicted octanol–water partition coefficient (Wildman–Crippen LogP) is 3.17. The van der Waals surface area contributed by atoms with Crippen molar-refractivity contribution in [1.29, 1.82) is 0 Å². The number of piperazine rings is 1. The smallest absolute Gasteiger partial charge is 0.410 e. The van der Waals surface area contributed by atoms with Gasteiger partial charge in [0.2, 0.25) is 0 Å². The van der Waals surface area contributed by atoms with Crippen LogP contribution in [0, 0.1) is 5.92 Å². The molecule has 0 aromatic rings. The van der Waals surface area contributed by atoms with Crippen LogP contribution in [0.5, 0.6) is 0 Å². The van der Waals surface area contributed by atoms with Gasteiger partial charge in [0.25, 0.3) is 0 Å². The molecule has 0 bridgehead atoms. The van der Waals surface area contributed by atoms with Crippen molar-refractivity contribution in [3.05, 3.63) is 0 Å². The molecular formula is C18H33N3O3. The number of likely N-dealkylation sites (tertiary alicyclic amines) is 1. The van der Waals surface area contributed by atoms with Gasteiger partial charge in [-0.15, -0.1) is 0 Å². The Hall–Kier alpha value is -1.46. The van der Waals surface area contributed by atoms with E-state index >= 15 is 0 Å². The monoisotopic (exact) mass is 339 g/mol. The van der Waals surface area contributed by atoms with Crippen molar-refractivity contribution < 1.29 is 14.3 Å². The summed E-state index contributed by atoms with van der Waals surface area (Å²) in [4.78, 5) is 30.7. The molecule has 6 heteroatoms. The lowest BCUT2D eigenvalue weighted by Crippen LogP contribution is -2.57. The molecule has 2 rings (SSSR count). The molecule has 3 amide bonds. The molecule has 1 unspecified atom stereocenters. The van der Waals surface area contributed by atoms with Crippen molar-refractivity contribution >= 4 is 12.1 Å². The second-order valence-corrected chi connectivity index (χ2v) is 8.24. The first-order valence-electron chi connectivity index (χ1n) is 9.22. The minimum atomic E-state index is -0.484. The first-order valence-corrected chi connectivity index (χ1v) is 9.22. The maximum atomic E-state index is 12.9. The number of rotatable bonds is 1. The van der Waals surface area contributed by atoms with Crippen LogP contribution in [0.1, 0.15) is 53.9 Å². The van der Waals surface area contributed by atoms with E-state index in [1.54, 1.807) is 4.90 Å². The summed E-state index contributed by atoms with van der Waals surface area (Å²) in [5, 5.41) is 0. The Bertz CT molecular complexity index is 451. The summed E-state index contributed by atoms with van der Waals surface area (Å²) >= 11 is 0. The molecule has 0 aromatic carbocycles. The van der Waals surface area contributed by atoms with E-state index in [0.29, 0.717) is 38.1 Å². The molecule has 0 saturated carbocycles. The lowest BCUT2D eigenvalue weighted by molar-refractivity contribution is 0.0141. The van der Waals surface area contributed by atoms with Crippen LogP contribution in [0.2, 0.25) is 0 Å². The van der Waals surface area contributed by atoms with Gasteiger partial charge in [0.05, 0.1) is 0 Å². The zero-order valence-corrected chi connectivity index (χ0v) is 15.9. The van der Waals surface area contributed by atoms with Crippen LogP contribution < -0.4 is 0 Å². The van der Waals surface area contributed by atoms with E-state index in [-0.39, 0.29) is 12.1 Å². The normalized spacial score (nSPS) is 22.8. The molecule has 2 heterocycles. The van der Waals surface area contributed by atoms with Crippen molar-refractivity contribution in [3.8, 4) is 0 Å². The number of carbonyl (C=O) groups is 2. The number of hydrogen-bond donors (Lipinski definition) is 0. The number of nitrogens with zero attached hydrogens (tertiary/aromatic N) is 3. The molecule has 1 atom stereocenters. The predicted molar refractivity (Wildman–Crippen MR) is 94.0 cm³/mol. The van der Waals surface area contributed by atoms with E-state index in [9.17, 15) is 9.59 Å². The number of urea groups is 1. The first kappa shape index (κ1) is 18.9. The average molecular weight is 339 g/mol. The average Bonchev–Trinajstić information content (AvgIpc) is 2.52. The maximum Gasteiger partial charge on any atom is 0.410 e. The first-order chi connectivity index (χ1) is 11.2. The third kappa shape index (κ3) is 4.77. The van der Waals surface area contributed by atoms with Crippen LogP contribution in [0.3, 0.4) is 0 Å². The lowest BCUT2D eigenvalue weighted by atomic mass is 9.93. The van der Waals surface area contributed by atoms with Gasteiger partial charge >= 0.3 is 12.1 Å². The quantitative estimate of drug-likeness (QED) is 0.737. The van der Waals surface area contributed by atoms with Gasteiger partial charge in [-0.3, -0.25) is 0 Å². The molecule has 24 heavy (non-hydrogen) atoms. The maximum absolute atomic E-state index is 12.9. The van der Waals surface area contributed by atoms with Gasteiger partial charge < -0.3 is 19.4 Å². The second-order valence-electron chi connectivity index (χ2n) is 8.24. The SMILES string of the molecule is CC(C)C1CCCCN1C(=O)N1CCN(C(=O)OC(C)(C)C)CC1. The fourth-order valence-corrected chi connectivity index (χ4v) is 3.48. The highest BCUT2D eigenvalue weighted by molar-refractivity contribution is 5.75. The van der Waals surface area contributed by atoms with Gasteiger partial charge in [-0.1, -0.05) is 13.8 Å². The van der Waals surface area contributed by atoms with Gasteiger partial charge in [0.15, 0.2) is 0 Å². The largest absolute Gasteiger partial charge is 0.444 e. The van der Waals surface area contributed by atoms with Gasteiger partial charge in [-0.2, -0.15) is 0 Å². The van der Waals surface area contributed by atoms with Gasteiger partial charge in [-0.25, -0.2) is 9.59 Å². The van der Waals surface area contributed by atoms with E-state index in [4.69, 9.17) is 4.74 Å². The molecule has 0 spiro atoms. The molecule has 2 fully saturated rings. The topological polar surface area (TPSA) is 53.1 Å². The molecule has 0 N–H and O–H groups in total. The molecule has 2 saturated heterocycles. The number of carbonyl (C=O) groups excluding carboxylic acids is 2. The molecule has 2 aliphatic heterocycles. The summed E-state index contributed by atoms with van der Waals surface area (Å²) in [7, 11) is 0. The fourth-order valence-electron chi connectivity index (χ4n) is 3.48. The summed E-state index contributed by atoms with van der Waals surface area (Å²) in [6.45, 7) is 13.1. The van der Waals surface area contributed by atoms with E-state index < -0.39 is 5.60 Å². The molecule has 0 radical (unpaired) electrons. The van der Waals surface area contributed by atoms with Crippen molar-refractivity contribution in [1.82, 2.24) is 14.7 Å². The number of amides is 3. The molecular weight excluding hydrogens is 306 g/mol. The van der Waals surface area contributed by atoms with E-state index in [2.05, 4.69) is 18.7 Å². The fraction of sp³-hybridized carbons (Fsp3) is 0.889. The van der Waals surface area contributed by atoms with Crippen molar-refractivity contribution in [2.24, 2.45) is 5.92 Å². The summed E-state index contributed by atoms with van der Waals surface area (Å²) in [5.74, 6) is 0.484. The Morgan fingerprint density at radius 1 is 0.958 bits per heavy atom. The van der Waals surface area contributed by atoms with Gasteiger partial charge in [0.1, 0.15) is 5.60 Å². The Balaban J connectivity index is 1.89. The molecule has 0 aromatic heterocycles. The number of hydrogen-bond acceptors (Lipinski definition) is 3. The van der Waals surface area contributed by atoms with Crippen LogP contribution in [-0.2, 0) is 4.74 Å². The van der Waals surface area contributed by atoms with Crippen molar-refractivity contribution in [2.45, 2.75) is 65.5 Å². The highest BCUT2D eigenvalue weighted by atomic mass is 16.6. The third-order valence-electron chi connectivity index (χ3n) is 4.77. The second kappa shape index (κ2) is 7.62. The zero-order valence-electron chi connectivity index (χ0n) is 15.9. The molecule has 6 nitrogen and oxygen atoms in total. The van der Waals surface area contributed by atoms with E-state index in [1.165, 1.54) is 6.42 Å². The van der Waals surface area contributed by atoms with Crippen molar-refractivity contribution in [3.63, 3.8) is 0 Å². The van der Waals surface area contributed by atoms with E-state index in [0.717, 1.165) is 19.4 Å². The van der Waals surface area contributed by atoms with E-state index in [1.807, 2.05) is 25.7 Å². The summed E-state index contributed by atoms with van der Waals surface area (Å²) < 4.78 is 5.41. The Morgan fingerprint density at radius 3 is 2.08 bits per heavy atom. The summed E-state index contributed by atoms with van der Waals surface area (Å²) in [6, 6.07) is 0.479. The molecule has 2 aliphatic rings. The van der Waals surface area contributed by atoms with Crippen LogP contribution in [0.25, 0.3) is 0 Å². The van der Waals surface area contributed by atoms with Gasteiger partial charge in [0, 0.05) is 38.8 Å². The highest BCUT2D eigenvalue weighted by Crippen LogP contribution is 2.24.